The van der Waals surface area contributed by atoms with Crippen molar-refractivity contribution in [2.45, 2.75) is 71.4 Å². The Morgan fingerprint density at radius 2 is 1.96 bits per heavy atom. The molecule has 0 bridgehead atoms. The zero-order valence-electron chi connectivity index (χ0n) is 15.4. The molecule has 1 saturated carbocycles. The molecule has 0 aromatic carbocycles. The van der Waals surface area contributed by atoms with Gasteiger partial charge in [0.2, 0.25) is 0 Å². The van der Waals surface area contributed by atoms with E-state index in [4.69, 9.17) is 0 Å². The zero-order valence-corrected chi connectivity index (χ0v) is 15.4. The topological polar surface area (TPSA) is 67.1 Å². The fourth-order valence-electron chi connectivity index (χ4n) is 4.04. The second-order valence-electron chi connectivity index (χ2n) is 7.40. The van der Waals surface area contributed by atoms with Crippen LogP contribution < -0.4 is 10.6 Å². The van der Waals surface area contributed by atoms with Crippen LogP contribution in [0.2, 0.25) is 0 Å². The first-order valence-corrected chi connectivity index (χ1v) is 9.55. The molecular formula is C18H32N6. The smallest absolute Gasteiger partial charge is 0.191 e. The van der Waals surface area contributed by atoms with Crippen molar-refractivity contribution in [3.05, 3.63) is 11.6 Å². The van der Waals surface area contributed by atoms with Crippen molar-refractivity contribution in [3.63, 3.8) is 0 Å². The third-order valence-electron chi connectivity index (χ3n) is 5.78. The summed E-state index contributed by atoms with van der Waals surface area (Å²) in [6.45, 7) is 6.33. The van der Waals surface area contributed by atoms with E-state index in [2.05, 4.69) is 37.3 Å². The first-order chi connectivity index (χ1) is 11.7. The molecule has 1 unspecified atom stereocenters. The van der Waals surface area contributed by atoms with Gasteiger partial charge in [0.1, 0.15) is 11.6 Å². The number of aromatic nitrogens is 3. The summed E-state index contributed by atoms with van der Waals surface area (Å²) in [5.41, 5.74) is 0. The summed E-state index contributed by atoms with van der Waals surface area (Å²) < 4.78 is 2.26. The summed E-state index contributed by atoms with van der Waals surface area (Å²) in [6, 6.07) is 0.581. The largest absolute Gasteiger partial charge is 0.356 e. The molecule has 2 N–H and O–H groups in total. The van der Waals surface area contributed by atoms with Gasteiger partial charge in [0, 0.05) is 32.6 Å². The lowest BCUT2D eigenvalue weighted by Gasteiger charge is -2.30. The van der Waals surface area contributed by atoms with Crippen LogP contribution in [0.5, 0.6) is 0 Å². The van der Waals surface area contributed by atoms with Gasteiger partial charge in [0.15, 0.2) is 5.96 Å². The van der Waals surface area contributed by atoms with Crippen LogP contribution in [0.4, 0.5) is 0 Å². The second-order valence-corrected chi connectivity index (χ2v) is 7.40. The molecule has 2 aliphatic rings. The number of fused-ring (bicyclic) bond motifs is 1. The summed E-state index contributed by atoms with van der Waals surface area (Å²) in [6.07, 6.45) is 8.76. The number of aliphatic imine (C=N–C) groups is 1. The lowest BCUT2D eigenvalue weighted by atomic mass is 9.84. The number of hydrogen-bond donors (Lipinski definition) is 2. The first kappa shape index (κ1) is 17.2. The van der Waals surface area contributed by atoms with E-state index in [0.717, 1.165) is 43.0 Å². The maximum Gasteiger partial charge on any atom is 0.191 e. The van der Waals surface area contributed by atoms with Crippen molar-refractivity contribution in [1.29, 1.82) is 0 Å². The van der Waals surface area contributed by atoms with E-state index in [9.17, 15) is 0 Å². The molecule has 24 heavy (non-hydrogen) atoms. The van der Waals surface area contributed by atoms with E-state index in [1.165, 1.54) is 38.5 Å². The second kappa shape index (κ2) is 7.99. The molecule has 134 valence electrons. The molecule has 0 spiro atoms. The summed E-state index contributed by atoms with van der Waals surface area (Å²) in [5.74, 6) is 4.67. The van der Waals surface area contributed by atoms with Crippen molar-refractivity contribution in [3.8, 4) is 0 Å². The van der Waals surface area contributed by atoms with Crippen LogP contribution in [0.25, 0.3) is 0 Å². The number of hydrogen-bond acceptors (Lipinski definition) is 3. The quantitative estimate of drug-likeness (QED) is 0.656. The van der Waals surface area contributed by atoms with Crippen molar-refractivity contribution >= 4 is 5.96 Å². The Labute approximate surface area is 145 Å². The Morgan fingerprint density at radius 1 is 1.17 bits per heavy atom. The van der Waals surface area contributed by atoms with E-state index in [0.29, 0.717) is 12.0 Å². The molecule has 0 radical (unpaired) electrons. The van der Waals surface area contributed by atoms with Gasteiger partial charge in [-0.05, 0) is 50.9 Å². The van der Waals surface area contributed by atoms with E-state index < -0.39 is 0 Å². The van der Waals surface area contributed by atoms with E-state index >= 15 is 0 Å². The van der Waals surface area contributed by atoms with Gasteiger partial charge in [-0.25, -0.2) is 0 Å². The van der Waals surface area contributed by atoms with Crippen LogP contribution in [-0.2, 0) is 13.0 Å². The lowest BCUT2D eigenvalue weighted by molar-refractivity contribution is 0.302. The van der Waals surface area contributed by atoms with E-state index in [1.54, 1.807) is 0 Å². The van der Waals surface area contributed by atoms with Gasteiger partial charge in [-0.15, -0.1) is 10.2 Å². The lowest BCUT2D eigenvalue weighted by Crippen LogP contribution is -2.46. The van der Waals surface area contributed by atoms with Crippen LogP contribution in [0.3, 0.4) is 0 Å². The van der Waals surface area contributed by atoms with E-state index in [-0.39, 0.29) is 0 Å². The fourth-order valence-corrected chi connectivity index (χ4v) is 4.04. The summed E-state index contributed by atoms with van der Waals surface area (Å²) in [5, 5.41) is 15.6. The average Bonchev–Trinajstić information content (AvgIpc) is 2.99. The normalized spacial score (nSPS) is 27.6. The Balaban J connectivity index is 1.44. The first-order valence-electron chi connectivity index (χ1n) is 9.55. The Morgan fingerprint density at radius 3 is 2.67 bits per heavy atom. The molecule has 6 nitrogen and oxygen atoms in total. The molecule has 1 fully saturated rings. The van der Waals surface area contributed by atoms with Crippen LogP contribution in [0, 0.1) is 18.8 Å². The molecular weight excluding hydrogens is 300 g/mol. The van der Waals surface area contributed by atoms with Gasteiger partial charge in [-0.2, -0.15) is 0 Å². The molecule has 1 aliphatic heterocycles. The zero-order chi connectivity index (χ0) is 16.9. The third kappa shape index (κ3) is 4.08. The maximum atomic E-state index is 4.42. The van der Waals surface area contributed by atoms with Gasteiger partial charge in [0.25, 0.3) is 0 Å². The molecule has 1 aromatic rings. The van der Waals surface area contributed by atoms with Gasteiger partial charge < -0.3 is 15.2 Å². The summed E-state index contributed by atoms with van der Waals surface area (Å²) in [7, 11) is 1.87. The van der Waals surface area contributed by atoms with Gasteiger partial charge in [0.05, 0.1) is 0 Å². The highest BCUT2D eigenvalue weighted by Crippen LogP contribution is 2.26. The molecule has 0 saturated heterocycles. The fraction of sp³-hybridized carbons (Fsp3) is 0.833. The average molecular weight is 332 g/mol. The van der Waals surface area contributed by atoms with Crippen LogP contribution in [0.15, 0.2) is 4.99 Å². The van der Waals surface area contributed by atoms with Gasteiger partial charge in [-0.3, -0.25) is 4.99 Å². The molecule has 2 heterocycles. The maximum absolute atomic E-state index is 4.42. The summed E-state index contributed by atoms with van der Waals surface area (Å²) >= 11 is 0. The molecule has 1 aliphatic carbocycles. The number of aryl methyl sites for hydroxylation is 2. The minimum absolute atomic E-state index is 0.581. The highest BCUT2D eigenvalue weighted by Gasteiger charge is 2.23. The van der Waals surface area contributed by atoms with Crippen molar-refractivity contribution in [2.75, 3.05) is 13.6 Å². The summed E-state index contributed by atoms with van der Waals surface area (Å²) in [4.78, 5) is 4.42. The highest BCUT2D eigenvalue weighted by molar-refractivity contribution is 5.79. The Kier molecular flexibility index (Phi) is 5.74. The van der Waals surface area contributed by atoms with Crippen molar-refractivity contribution < 1.29 is 0 Å². The predicted molar refractivity (Wildman–Crippen MR) is 97.1 cm³/mol. The Hall–Kier alpha value is -1.59. The SMILES string of the molecule is CCC1CCC(NC(=NC)NCC2CCc3nnc(C)n3C2)CC1. The molecule has 3 rings (SSSR count). The minimum atomic E-state index is 0.581. The predicted octanol–water partition coefficient (Wildman–Crippen LogP) is 2.28. The van der Waals surface area contributed by atoms with E-state index in [1.807, 2.05) is 14.0 Å². The van der Waals surface area contributed by atoms with Crippen LogP contribution in [-0.4, -0.2) is 40.4 Å². The number of nitrogens with zero attached hydrogens (tertiary/aromatic N) is 4. The Bertz CT molecular complexity index is 556. The van der Waals surface area contributed by atoms with Crippen LogP contribution >= 0.6 is 0 Å². The molecule has 1 atom stereocenters. The van der Waals surface area contributed by atoms with Crippen molar-refractivity contribution in [1.82, 2.24) is 25.4 Å². The van der Waals surface area contributed by atoms with Crippen molar-refractivity contribution in [2.24, 2.45) is 16.8 Å². The number of rotatable bonds is 4. The molecule has 6 heteroatoms. The molecule has 1 aromatic heterocycles. The number of nitrogens with one attached hydrogen (secondary N) is 2. The van der Waals surface area contributed by atoms with Gasteiger partial charge >= 0.3 is 0 Å². The molecule has 0 amide bonds. The highest BCUT2D eigenvalue weighted by atomic mass is 15.3. The standard InChI is InChI=1S/C18H32N6/c1-4-14-5-8-16(9-6-14)21-18(19-3)20-11-15-7-10-17-23-22-13(2)24(17)12-15/h14-16H,4-12H2,1-3H3,(H2,19,20,21). The number of guanidine groups is 1. The third-order valence-corrected chi connectivity index (χ3v) is 5.78. The monoisotopic (exact) mass is 332 g/mol. The van der Waals surface area contributed by atoms with Gasteiger partial charge in [-0.1, -0.05) is 13.3 Å². The minimum Gasteiger partial charge on any atom is -0.356 e. The van der Waals surface area contributed by atoms with Crippen LogP contribution in [0.1, 0.15) is 57.1 Å².